The van der Waals surface area contributed by atoms with E-state index in [4.69, 9.17) is 5.11 Å². The number of nitrogens with one attached hydrogen (secondary N) is 1. The Kier molecular flexibility index (Phi) is 6.08. The predicted octanol–water partition coefficient (Wildman–Crippen LogP) is 1.97. The van der Waals surface area contributed by atoms with Crippen LogP contribution in [0.1, 0.15) is 18.9 Å². The summed E-state index contributed by atoms with van der Waals surface area (Å²) in [5.41, 5.74) is 1.18. The van der Waals surface area contributed by atoms with Crippen LogP contribution in [0.5, 0.6) is 0 Å². The zero-order chi connectivity index (χ0) is 12.7. The molecule has 0 aliphatic rings. The molecule has 0 unspecified atom stereocenters. The van der Waals surface area contributed by atoms with Crippen molar-refractivity contribution in [3.8, 4) is 0 Å². The molecule has 0 aromatic heterocycles. The first kappa shape index (κ1) is 14.1. The van der Waals surface area contributed by atoms with Crippen LogP contribution in [0.2, 0.25) is 0 Å². The van der Waals surface area contributed by atoms with E-state index in [0.29, 0.717) is 5.75 Å². The Balaban J connectivity index is 2.41. The normalized spacial score (nSPS) is 12.2. The second-order valence-electron chi connectivity index (χ2n) is 3.91. The number of rotatable bonds is 6. The minimum atomic E-state index is -0.125. The van der Waals surface area contributed by atoms with E-state index in [1.165, 1.54) is 17.3 Å². The van der Waals surface area contributed by atoms with Crippen LogP contribution < -0.4 is 5.32 Å². The molecule has 0 aliphatic heterocycles. The van der Waals surface area contributed by atoms with Crippen molar-refractivity contribution in [3.63, 3.8) is 0 Å². The van der Waals surface area contributed by atoms with Gasteiger partial charge in [0.25, 0.3) is 0 Å². The molecule has 1 aromatic rings. The molecule has 0 radical (unpaired) electrons. The van der Waals surface area contributed by atoms with Crippen LogP contribution in [-0.2, 0) is 4.79 Å². The Morgan fingerprint density at radius 2 is 2.18 bits per heavy atom. The van der Waals surface area contributed by atoms with Crippen LogP contribution >= 0.6 is 11.8 Å². The molecular weight excluding hydrogens is 234 g/mol. The summed E-state index contributed by atoms with van der Waals surface area (Å²) in [5, 5.41) is 11.8. The van der Waals surface area contributed by atoms with Crippen LogP contribution in [0.15, 0.2) is 29.2 Å². The molecule has 0 spiro atoms. The lowest BCUT2D eigenvalue weighted by atomic mass is 10.2. The Hall–Kier alpha value is -1.00. The number of hydrogen-bond donors (Lipinski definition) is 2. The van der Waals surface area contributed by atoms with Gasteiger partial charge in [-0.25, -0.2) is 0 Å². The maximum absolute atomic E-state index is 11.6. The van der Waals surface area contributed by atoms with Crippen LogP contribution in [0.3, 0.4) is 0 Å². The highest BCUT2D eigenvalue weighted by molar-refractivity contribution is 8.00. The number of aryl methyl sites for hydroxylation is 1. The van der Waals surface area contributed by atoms with Gasteiger partial charge >= 0.3 is 0 Å². The molecule has 1 amide bonds. The van der Waals surface area contributed by atoms with E-state index in [-0.39, 0.29) is 18.6 Å². The summed E-state index contributed by atoms with van der Waals surface area (Å²) < 4.78 is 0. The van der Waals surface area contributed by atoms with Gasteiger partial charge in [0, 0.05) is 4.90 Å². The molecule has 3 nitrogen and oxygen atoms in total. The van der Waals surface area contributed by atoms with Crippen molar-refractivity contribution in [2.45, 2.75) is 31.2 Å². The summed E-state index contributed by atoms with van der Waals surface area (Å²) in [4.78, 5) is 12.7. The number of carbonyl (C=O) groups excluding carboxylic acids is 1. The molecule has 4 heteroatoms. The van der Waals surface area contributed by atoms with Crippen LogP contribution in [0.25, 0.3) is 0 Å². The van der Waals surface area contributed by atoms with Crippen molar-refractivity contribution in [2.24, 2.45) is 0 Å². The van der Waals surface area contributed by atoms with Crippen molar-refractivity contribution in [1.82, 2.24) is 5.32 Å². The predicted molar refractivity (Wildman–Crippen MR) is 71.2 cm³/mol. The second-order valence-corrected chi connectivity index (χ2v) is 4.93. The Labute approximate surface area is 107 Å². The zero-order valence-corrected chi connectivity index (χ0v) is 11.1. The number of aliphatic hydroxyl groups excluding tert-OH is 1. The quantitative estimate of drug-likeness (QED) is 0.762. The lowest BCUT2D eigenvalue weighted by molar-refractivity contribution is -0.119. The Bertz CT molecular complexity index is 364. The summed E-state index contributed by atoms with van der Waals surface area (Å²) in [5.74, 6) is 0.362. The summed E-state index contributed by atoms with van der Waals surface area (Å²) in [6, 6.07) is 7.87. The fraction of sp³-hybridized carbons (Fsp3) is 0.462. The van der Waals surface area contributed by atoms with E-state index in [2.05, 4.69) is 5.32 Å². The van der Waals surface area contributed by atoms with E-state index >= 15 is 0 Å². The molecule has 1 rings (SSSR count). The van der Waals surface area contributed by atoms with Crippen LogP contribution in [-0.4, -0.2) is 29.4 Å². The molecule has 1 aromatic carbocycles. The van der Waals surface area contributed by atoms with Gasteiger partial charge in [0.15, 0.2) is 0 Å². The highest BCUT2D eigenvalue weighted by Gasteiger charge is 2.09. The highest BCUT2D eigenvalue weighted by Crippen LogP contribution is 2.21. The number of benzene rings is 1. The fourth-order valence-electron chi connectivity index (χ4n) is 1.41. The third kappa shape index (κ3) is 4.79. The van der Waals surface area contributed by atoms with E-state index in [1.807, 2.05) is 38.1 Å². The van der Waals surface area contributed by atoms with Crippen LogP contribution in [0, 0.1) is 6.92 Å². The van der Waals surface area contributed by atoms with Crippen molar-refractivity contribution < 1.29 is 9.90 Å². The largest absolute Gasteiger partial charge is 0.394 e. The smallest absolute Gasteiger partial charge is 0.230 e. The van der Waals surface area contributed by atoms with Gasteiger partial charge in [-0.3, -0.25) is 4.79 Å². The molecule has 94 valence electrons. The molecule has 17 heavy (non-hydrogen) atoms. The molecule has 0 heterocycles. The van der Waals surface area contributed by atoms with Gasteiger partial charge in [-0.05, 0) is 25.0 Å². The van der Waals surface area contributed by atoms with Crippen molar-refractivity contribution >= 4 is 17.7 Å². The lowest BCUT2D eigenvalue weighted by Crippen LogP contribution is -2.37. The third-order valence-electron chi connectivity index (χ3n) is 2.53. The van der Waals surface area contributed by atoms with E-state index < -0.39 is 0 Å². The number of thioether (sulfide) groups is 1. The Morgan fingerprint density at radius 3 is 2.76 bits per heavy atom. The number of amides is 1. The molecule has 0 saturated carbocycles. The van der Waals surface area contributed by atoms with E-state index in [9.17, 15) is 4.79 Å². The highest BCUT2D eigenvalue weighted by atomic mass is 32.2. The average molecular weight is 253 g/mol. The third-order valence-corrected chi connectivity index (χ3v) is 3.71. The van der Waals surface area contributed by atoms with E-state index in [1.54, 1.807) is 0 Å². The van der Waals surface area contributed by atoms with Gasteiger partial charge in [0.2, 0.25) is 5.91 Å². The van der Waals surface area contributed by atoms with Crippen molar-refractivity contribution in [3.05, 3.63) is 29.8 Å². The molecule has 2 N–H and O–H groups in total. The maximum Gasteiger partial charge on any atom is 0.230 e. The fourth-order valence-corrected chi connectivity index (χ4v) is 2.25. The standard InChI is InChI=1S/C13H19NO2S/c1-3-11(8-15)14-13(16)9-17-12-7-5-4-6-10(12)2/h4-7,11,15H,3,8-9H2,1-2H3,(H,14,16)/t11-/m1/s1. The molecule has 0 fully saturated rings. The maximum atomic E-state index is 11.6. The van der Waals surface area contributed by atoms with Gasteiger partial charge in [0.05, 0.1) is 18.4 Å². The van der Waals surface area contributed by atoms with Gasteiger partial charge in [-0.2, -0.15) is 0 Å². The Morgan fingerprint density at radius 1 is 1.47 bits per heavy atom. The van der Waals surface area contributed by atoms with E-state index in [0.717, 1.165) is 11.3 Å². The molecule has 0 aliphatic carbocycles. The molecule has 1 atom stereocenters. The second kappa shape index (κ2) is 7.35. The molecule has 0 bridgehead atoms. The summed E-state index contributed by atoms with van der Waals surface area (Å²) in [6.07, 6.45) is 0.747. The first-order valence-corrected chi connectivity index (χ1v) is 6.74. The summed E-state index contributed by atoms with van der Waals surface area (Å²) in [6.45, 7) is 3.97. The minimum absolute atomic E-state index is 0.00271. The van der Waals surface area contributed by atoms with Crippen molar-refractivity contribution in [1.29, 1.82) is 0 Å². The van der Waals surface area contributed by atoms with Crippen LogP contribution in [0.4, 0.5) is 0 Å². The summed E-state index contributed by atoms with van der Waals surface area (Å²) >= 11 is 1.52. The lowest BCUT2D eigenvalue weighted by Gasteiger charge is -2.13. The van der Waals surface area contributed by atoms with Gasteiger partial charge in [-0.1, -0.05) is 25.1 Å². The zero-order valence-electron chi connectivity index (χ0n) is 10.3. The summed E-state index contributed by atoms with van der Waals surface area (Å²) in [7, 11) is 0. The monoisotopic (exact) mass is 253 g/mol. The van der Waals surface area contributed by atoms with Gasteiger partial charge in [0.1, 0.15) is 0 Å². The average Bonchev–Trinajstić information content (AvgIpc) is 2.35. The topological polar surface area (TPSA) is 49.3 Å². The first-order valence-electron chi connectivity index (χ1n) is 5.76. The molecule has 0 saturated heterocycles. The number of hydrogen-bond acceptors (Lipinski definition) is 3. The number of carbonyl (C=O) groups is 1. The minimum Gasteiger partial charge on any atom is -0.394 e. The van der Waals surface area contributed by atoms with Gasteiger partial charge < -0.3 is 10.4 Å². The SMILES string of the molecule is CC[C@H](CO)NC(=O)CSc1ccccc1C. The molecular formula is C13H19NO2S. The number of aliphatic hydroxyl groups is 1. The first-order chi connectivity index (χ1) is 8.17. The van der Waals surface area contributed by atoms with Crippen molar-refractivity contribution in [2.75, 3.05) is 12.4 Å². The van der Waals surface area contributed by atoms with Gasteiger partial charge in [-0.15, -0.1) is 11.8 Å².